The zero-order valence-corrected chi connectivity index (χ0v) is 18.6. The van der Waals surface area contributed by atoms with Crippen molar-refractivity contribution in [3.05, 3.63) is 64.7 Å². The molecule has 31 heavy (non-hydrogen) atoms. The highest BCUT2D eigenvalue weighted by molar-refractivity contribution is 5.95. The fourth-order valence-corrected chi connectivity index (χ4v) is 5.08. The molecule has 1 saturated carbocycles. The van der Waals surface area contributed by atoms with Crippen LogP contribution in [-0.4, -0.2) is 35.4 Å². The third kappa shape index (κ3) is 5.91. The molecule has 166 valence electrons. The monoisotopic (exact) mass is 423 g/mol. The maximum Gasteiger partial charge on any atom is 0.253 e. The highest BCUT2D eigenvalue weighted by atomic mass is 19.1. The minimum Gasteiger partial charge on any atom is -0.348 e. The number of nitrogens with zero attached hydrogens (tertiary/aromatic N) is 2. The van der Waals surface area contributed by atoms with Crippen LogP contribution in [0.3, 0.4) is 0 Å². The summed E-state index contributed by atoms with van der Waals surface area (Å²) in [6, 6.07) is 10.1. The number of likely N-dealkylation sites (tertiary alicyclic amines) is 1. The van der Waals surface area contributed by atoms with Gasteiger partial charge in [-0.2, -0.15) is 0 Å². The molecule has 1 amide bonds. The van der Waals surface area contributed by atoms with E-state index in [1.54, 1.807) is 12.1 Å². The molecule has 1 N–H and O–H groups in total. The molecule has 0 bridgehead atoms. The first-order chi connectivity index (χ1) is 15.1. The summed E-state index contributed by atoms with van der Waals surface area (Å²) in [5.74, 6) is 0.829. The van der Waals surface area contributed by atoms with Gasteiger partial charge in [0.2, 0.25) is 0 Å². The van der Waals surface area contributed by atoms with Crippen LogP contribution in [0.15, 0.2) is 36.4 Å². The van der Waals surface area contributed by atoms with Gasteiger partial charge in [-0.15, -0.1) is 0 Å². The SMILES string of the molecule is Cc1ccc(C(=O)NCc2ccc(F)cc2)c(C2CCN(CC3CCCCC3)CC2)n1. The van der Waals surface area contributed by atoms with Gasteiger partial charge in [0.25, 0.3) is 5.91 Å². The number of carbonyl (C=O) groups excluding carboxylic acids is 1. The van der Waals surface area contributed by atoms with Gasteiger partial charge in [0.1, 0.15) is 5.82 Å². The summed E-state index contributed by atoms with van der Waals surface area (Å²) in [7, 11) is 0. The highest BCUT2D eigenvalue weighted by Gasteiger charge is 2.27. The minimum absolute atomic E-state index is 0.100. The molecule has 0 spiro atoms. The molecule has 4 rings (SSSR count). The molecule has 1 aromatic heterocycles. The maximum absolute atomic E-state index is 13.1. The molecule has 0 unspecified atom stereocenters. The first kappa shape index (κ1) is 21.9. The summed E-state index contributed by atoms with van der Waals surface area (Å²) in [5, 5.41) is 2.98. The number of benzene rings is 1. The molecule has 2 fully saturated rings. The Morgan fingerprint density at radius 2 is 1.74 bits per heavy atom. The van der Waals surface area contributed by atoms with Crippen molar-refractivity contribution in [1.82, 2.24) is 15.2 Å². The first-order valence-corrected chi connectivity index (χ1v) is 11.8. The van der Waals surface area contributed by atoms with Crippen molar-refractivity contribution in [3.8, 4) is 0 Å². The third-order valence-electron chi connectivity index (χ3n) is 6.89. The molecule has 0 atom stereocenters. The summed E-state index contributed by atoms with van der Waals surface area (Å²) in [6.45, 7) is 5.79. The Morgan fingerprint density at radius 3 is 2.45 bits per heavy atom. The number of piperidine rings is 1. The second-order valence-corrected chi connectivity index (χ2v) is 9.27. The van der Waals surface area contributed by atoms with Gasteiger partial charge in [0.05, 0.1) is 11.3 Å². The number of hydrogen-bond donors (Lipinski definition) is 1. The summed E-state index contributed by atoms with van der Waals surface area (Å²) < 4.78 is 13.1. The number of nitrogens with one attached hydrogen (secondary N) is 1. The third-order valence-corrected chi connectivity index (χ3v) is 6.89. The average molecular weight is 424 g/mol. The van der Waals surface area contributed by atoms with E-state index in [0.717, 1.165) is 48.8 Å². The molecule has 1 aliphatic heterocycles. The minimum atomic E-state index is -0.269. The molecular weight excluding hydrogens is 389 g/mol. The Hall–Kier alpha value is -2.27. The van der Waals surface area contributed by atoms with Crippen molar-refractivity contribution < 1.29 is 9.18 Å². The van der Waals surface area contributed by atoms with Crippen LogP contribution in [0.1, 0.15) is 78.2 Å². The van der Waals surface area contributed by atoms with E-state index in [4.69, 9.17) is 4.98 Å². The molecule has 1 aromatic carbocycles. The van der Waals surface area contributed by atoms with Crippen molar-refractivity contribution in [2.75, 3.05) is 19.6 Å². The topological polar surface area (TPSA) is 45.2 Å². The molecule has 5 heteroatoms. The van der Waals surface area contributed by atoms with E-state index >= 15 is 0 Å². The lowest BCUT2D eigenvalue weighted by atomic mass is 9.86. The molecule has 2 aliphatic rings. The van der Waals surface area contributed by atoms with Crippen LogP contribution in [0.25, 0.3) is 0 Å². The van der Waals surface area contributed by atoms with Crippen LogP contribution in [0.5, 0.6) is 0 Å². The summed E-state index contributed by atoms with van der Waals surface area (Å²) in [5.41, 5.74) is 3.45. The van der Waals surface area contributed by atoms with Crippen molar-refractivity contribution in [2.24, 2.45) is 5.92 Å². The number of hydrogen-bond acceptors (Lipinski definition) is 3. The van der Waals surface area contributed by atoms with E-state index in [-0.39, 0.29) is 11.7 Å². The highest BCUT2D eigenvalue weighted by Crippen LogP contribution is 2.31. The van der Waals surface area contributed by atoms with Gasteiger partial charge in [-0.3, -0.25) is 9.78 Å². The second kappa shape index (κ2) is 10.4. The van der Waals surface area contributed by atoms with Crippen LogP contribution in [0, 0.1) is 18.7 Å². The number of aromatic nitrogens is 1. The molecule has 2 aromatic rings. The van der Waals surface area contributed by atoms with Gasteiger partial charge in [-0.25, -0.2) is 4.39 Å². The lowest BCUT2D eigenvalue weighted by molar-refractivity contribution is 0.0947. The summed E-state index contributed by atoms with van der Waals surface area (Å²) >= 11 is 0. The van der Waals surface area contributed by atoms with Crippen molar-refractivity contribution in [1.29, 1.82) is 0 Å². The van der Waals surface area contributed by atoms with Gasteiger partial charge in [0.15, 0.2) is 0 Å². The molecule has 4 nitrogen and oxygen atoms in total. The van der Waals surface area contributed by atoms with E-state index in [1.807, 2.05) is 19.1 Å². The van der Waals surface area contributed by atoms with Crippen molar-refractivity contribution >= 4 is 5.91 Å². The first-order valence-electron chi connectivity index (χ1n) is 11.8. The normalized spacial score (nSPS) is 18.8. The number of halogens is 1. The molecular formula is C26H34FN3O. The predicted molar refractivity (Wildman–Crippen MR) is 122 cm³/mol. The van der Waals surface area contributed by atoms with E-state index in [9.17, 15) is 9.18 Å². The Balaban J connectivity index is 1.37. The number of amides is 1. The van der Waals surface area contributed by atoms with Crippen molar-refractivity contribution in [3.63, 3.8) is 0 Å². The van der Waals surface area contributed by atoms with E-state index < -0.39 is 0 Å². The Kier molecular flexibility index (Phi) is 7.33. The molecule has 2 heterocycles. The van der Waals surface area contributed by atoms with Crippen molar-refractivity contribution in [2.45, 2.75) is 64.3 Å². The lowest BCUT2D eigenvalue weighted by Gasteiger charge is -2.35. The van der Waals surface area contributed by atoms with Crippen LogP contribution in [-0.2, 0) is 6.54 Å². The maximum atomic E-state index is 13.1. The zero-order valence-electron chi connectivity index (χ0n) is 18.6. The molecule has 0 radical (unpaired) electrons. The standard InChI is InChI=1S/C26H34FN3O/c1-19-7-12-24(26(31)28-17-20-8-10-23(27)11-9-20)25(29-19)22-13-15-30(16-14-22)18-21-5-3-2-4-6-21/h7-12,21-22H,2-6,13-18H2,1H3,(H,28,31). The number of pyridine rings is 1. The fourth-order valence-electron chi connectivity index (χ4n) is 5.08. The number of aryl methyl sites for hydroxylation is 1. The average Bonchev–Trinajstić information content (AvgIpc) is 2.80. The number of carbonyl (C=O) groups is 1. The number of rotatable bonds is 6. The Bertz CT molecular complexity index is 869. The zero-order chi connectivity index (χ0) is 21.6. The van der Waals surface area contributed by atoms with Gasteiger partial charge in [0, 0.05) is 24.7 Å². The van der Waals surface area contributed by atoms with Gasteiger partial charge < -0.3 is 10.2 Å². The van der Waals surface area contributed by atoms with E-state index in [0.29, 0.717) is 18.0 Å². The smallest absolute Gasteiger partial charge is 0.253 e. The van der Waals surface area contributed by atoms with Crippen LogP contribution >= 0.6 is 0 Å². The fraction of sp³-hybridized carbons (Fsp3) is 0.538. The Morgan fingerprint density at radius 1 is 1.03 bits per heavy atom. The lowest BCUT2D eigenvalue weighted by Crippen LogP contribution is -2.37. The largest absolute Gasteiger partial charge is 0.348 e. The quantitative estimate of drug-likeness (QED) is 0.693. The second-order valence-electron chi connectivity index (χ2n) is 9.27. The van der Waals surface area contributed by atoms with Crippen LogP contribution in [0.4, 0.5) is 4.39 Å². The van der Waals surface area contributed by atoms with Gasteiger partial charge >= 0.3 is 0 Å². The van der Waals surface area contributed by atoms with E-state index in [1.165, 1.54) is 50.8 Å². The van der Waals surface area contributed by atoms with E-state index in [2.05, 4.69) is 10.2 Å². The summed E-state index contributed by atoms with van der Waals surface area (Å²) in [4.78, 5) is 20.4. The summed E-state index contributed by atoms with van der Waals surface area (Å²) in [6.07, 6.45) is 9.08. The molecule has 1 aliphatic carbocycles. The molecule has 1 saturated heterocycles. The predicted octanol–water partition coefficient (Wildman–Crippen LogP) is 5.22. The van der Waals surface area contributed by atoms with Gasteiger partial charge in [-0.1, -0.05) is 31.4 Å². The van der Waals surface area contributed by atoms with Crippen LogP contribution < -0.4 is 5.32 Å². The Labute approximate surface area is 185 Å². The van der Waals surface area contributed by atoms with Gasteiger partial charge in [-0.05, 0) is 81.4 Å². The van der Waals surface area contributed by atoms with Crippen LogP contribution in [0.2, 0.25) is 0 Å².